The molecule has 0 aliphatic rings. The van der Waals surface area contributed by atoms with Crippen molar-refractivity contribution in [1.29, 1.82) is 5.26 Å². The van der Waals surface area contributed by atoms with E-state index in [4.69, 9.17) is 9.47 Å². The van der Waals surface area contributed by atoms with Crippen LogP contribution in [0.4, 0.5) is 0 Å². The van der Waals surface area contributed by atoms with Crippen LogP contribution in [0.2, 0.25) is 0 Å². The lowest BCUT2D eigenvalue weighted by molar-refractivity contribution is 0.171. The van der Waals surface area contributed by atoms with Gasteiger partial charge in [0, 0.05) is 6.42 Å². The molecule has 0 spiro atoms. The van der Waals surface area contributed by atoms with Gasteiger partial charge in [-0.2, -0.15) is 5.26 Å². The monoisotopic (exact) mass is 290 g/mol. The predicted octanol–water partition coefficient (Wildman–Crippen LogP) is 3.52. The Morgan fingerprint density at radius 2 is 1.95 bits per heavy atom. The van der Waals surface area contributed by atoms with E-state index in [1.807, 2.05) is 45.0 Å². The van der Waals surface area contributed by atoms with Gasteiger partial charge in [0.25, 0.3) is 0 Å². The number of nitrogens with one attached hydrogen (secondary N) is 1. The van der Waals surface area contributed by atoms with Crippen LogP contribution in [0.5, 0.6) is 11.5 Å². The van der Waals surface area contributed by atoms with Gasteiger partial charge in [0.2, 0.25) is 0 Å². The second-order valence-corrected chi connectivity index (χ2v) is 5.40. The summed E-state index contributed by atoms with van der Waals surface area (Å²) in [5.74, 6) is 1.49. The van der Waals surface area contributed by atoms with E-state index in [9.17, 15) is 5.26 Å². The van der Waals surface area contributed by atoms with Gasteiger partial charge in [0.15, 0.2) is 11.5 Å². The summed E-state index contributed by atoms with van der Waals surface area (Å²) in [5.41, 5.74) is -0.576. The molecule has 0 bridgehead atoms. The maximum Gasteiger partial charge on any atom is 0.161 e. The predicted molar refractivity (Wildman–Crippen MR) is 84.6 cm³/mol. The lowest BCUT2D eigenvalue weighted by Crippen LogP contribution is -2.44. The van der Waals surface area contributed by atoms with Crippen LogP contribution in [-0.2, 0) is 0 Å². The van der Waals surface area contributed by atoms with Gasteiger partial charge in [-0.3, -0.25) is 5.32 Å². The van der Waals surface area contributed by atoms with E-state index >= 15 is 0 Å². The normalized spacial score (nSPS) is 14.8. The fourth-order valence-corrected chi connectivity index (χ4v) is 2.26. The molecular weight excluding hydrogens is 264 g/mol. The molecule has 4 nitrogen and oxygen atoms in total. The number of ether oxygens (including phenoxy) is 2. The highest BCUT2D eigenvalue weighted by molar-refractivity contribution is 5.39. The molecule has 0 aliphatic heterocycles. The minimum absolute atomic E-state index is 0.0833. The van der Waals surface area contributed by atoms with Crippen LogP contribution in [0.25, 0.3) is 0 Å². The third-order valence-electron chi connectivity index (χ3n) is 3.15. The third kappa shape index (κ3) is 5.65. The van der Waals surface area contributed by atoms with E-state index in [-0.39, 0.29) is 6.10 Å². The van der Waals surface area contributed by atoms with Crippen LogP contribution >= 0.6 is 0 Å². The van der Waals surface area contributed by atoms with E-state index in [1.165, 1.54) is 0 Å². The summed E-state index contributed by atoms with van der Waals surface area (Å²) in [6.07, 6.45) is 1.48. The molecule has 1 rings (SSSR count). The van der Waals surface area contributed by atoms with E-state index in [1.54, 1.807) is 0 Å². The van der Waals surface area contributed by atoms with Crippen molar-refractivity contribution in [2.45, 2.75) is 52.2 Å². The quantitative estimate of drug-likeness (QED) is 0.756. The summed E-state index contributed by atoms with van der Waals surface area (Å²) < 4.78 is 11.7. The lowest BCUT2D eigenvalue weighted by atomic mass is 9.96. The number of para-hydroxylation sites is 2. The maximum atomic E-state index is 9.31. The fourth-order valence-electron chi connectivity index (χ4n) is 2.26. The number of hydrogen-bond donors (Lipinski definition) is 1. The lowest BCUT2D eigenvalue weighted by Gasteiger charge is -2.27. The molecule has 1 aromatic carbocycles. The van der Waals surface area contributed by atoms with Crippen molar-refractivity contribution < 1.29 is 9.47 Å². The first-order chi connectivity index (χ1) is 10.0. The number of hydrogen-bond acceptors (Lipinski definition) is 4. The van der Waals surface area contributed by atoms with Crippen molar-refractivity contribution in [2.24, 2.45) is 0 Å². The summed E-state index contributed by atoms with van der Waals surface area (Å²) in [6.45, 7) is 9.37. The van der Waals surface area contributed by atoms with Gasteiger partial charge in [-0.1, -0.05) is 26.0 Å². The molecule has 0 amide bonds. The van der Waals surface area contributed by atoms with Crippen LogP contribution in [-0.4, -0.2) is 24.8 Å². The second-order valence-electron chi connectivity index (χ2n) is 5.40. The number of nitrogens with zero attached hydrogens (tertiary/aromatic N) is 1. The summed E-state index contributed by atoms with van der Waals surface area (Å²) >= 11 is 0. The van der Waals surface area contributed by atoms with Gasteiger partial charge in [-0.05, 0) is 38.9 Å². The van der Waals surface area contributed by atoms with Gasteiger partial charge < -0.3 is 9.47 Å². The molecule has 21 heavy (non-hydrogen) atoms. The van der Waals surface area contributed by atoms with E-state index in [2.05, 4.69) is 18.3 Å². The summed E-state index contributed by atoms with van der Waals surface area (Å²) in [5, 5.41) is 12.5. The first kappa shape index (κ1) is 17.3. The maximum absolute atomic E-state index is 9.31. The Hall–Kier alpha value is -1.73. The molecule has 0 fully saturated rings. The van der Waals surface area contributed by atoms with E-state index < -0.39 is 5.54 Å². The van der Waals surface area contributed by atoms with Gasteiger partial charge in [-0.25, -0.2) is 0 Å². The van der Waals surface area contributed by atoms with Crippen molar-refractivity contribution in [1.82, 2.24) is 5.32 Å². The molecule has 0 saturated heterocycles. The topological polar surface area (TPSA) is 54.3 Å². The minimum atomic E-state index is -0.576. The smallest absolute Gasteiger partial charge is 0.161 e. The fraction of sp³-hybridized carbons (Fsp3) is 0.588. The average Bonchev–Trinajstić information content (AvgIpc) is 2.46. The van der Waals surface area contributed by atoms with Crippen LogP contribution in [0.3, 0.4) is 0 Å². The van der Waals surface area contributed by atoms with E-state index in [0.29, 0.717) is 13.0 Å². The van der Waals surface area contributed by atoms with Crippen molar-refractivity contribution >= 4 is 0 Å². The molecule has 0 radical (unpaired) electrons. The Bertz CT molecular complexity index is 470. The zero-order chi connectivity index (χ0) is 15.7. The molecule has 0 heterocycles. The van der Waals surface area contributed by atoms with Crippen LogP contribution in [0, 0.1) is 11.3 Å². The molecule has 0 saturated carbocycles. The Morgan fingerprint density at radius 3 is 2.52 bits per heavy atom. The Morgan fingerprint density at radius 1 is 1.29 bits per heavy atom. The van der Waals surface area contributed by atoms with E-state index in [0.717, 1.165) is 24.5 Å². The molecule has 2 atom stereocenters. The molecule has 4 heteroatoms. The summed E-state index contributed by atoms with van der Waals surface area (Å²) in [7, 11) is 0. The van der Waals surface area contributed by atoms with Gasteiger partial charge in [0.1, 0.15) is 5.54 Å². The molecule has 1 N–H and O–H groups in total. The molecule has 0 aromatic heterocycles. The minimum Gasteiger partial charge on any atom is -0.490 e. The Labute approximate surface area is 128 Å². The van der Waals surface area contributed by atoms with Gasteiger partial charge in [-0.15, -0.1) is 0 Å². The zero-order valence-electron chi connectivity index (χ0n) is 13.5. The van der Waals surface area contributed by atoms with Crippen LogP contribution in [0.15, 0.2) is 24.3 Å². The number of rotatable bonds is 9. The summed E-state index contributed by atoms with van der Waals surface area (Å²) in [6, 6.07) is 9.99. The first-order valence-corrected chi connectivity index (χ1v) is 7.59. The Balaban J connectivity index is 2.70. The van der Waals surface area contributed by atoms with Crippen molar-refractivity contribution in [3.8, 4) is 17.6 Å². The zero-order valence-corrected chi connectivity index (χ0v) is 13.5. The van der Waals surface area contributed by atoms with Gasteiger partial charge >= 0.3 is 0 Å². The molecule has 1 aromatic rings. The molecular formula is C17H26N2O2. The third-order valence-corrected chi connectivity index (χ3v) is 3.15. The first-order valence-electron chi connectivity index (χ1n) is 7.59. The summed E-state index contributed by atoms with van der Waals surface area (Å²) in [4.78, 5) is 0. The van der Waals surface area contributed by atoms with Crippen LogP contribution < -0.4 is 14.8 Å². The SMILES string of the molecule is CCCOc1ccccc1OC(C)CC(C)(C#N)NCC. The largest absolute Gasteiger partial charge is 0.490 e. The van der Waals surface area contributed by atoms with Crippen molar-refractivity contribution in [2.75, 3.05) is 13.2 Å². The number of benzene rings is 1. The second kappa shape index (κ2) is 8.53. The highest BCUT2D eigenvalue weighted by Gasteiger charge is 2.26. The molecule has 0 aliphatic carbocycles. The Kier molecular flexibility index (Phi) is 7.04. The molecule has 116 valence electrons. The van der Waals surface area contributed by atoms with Crippen LogP contribution in [0.1, 0.15) is 40.5 Å². The highest BCUT2D eigenvalue weighted by atomic mass is 16.5. The highest BCUT2D eigenvalue weighted by Crippen LogP contribution is 2.28. The van der Waals surface area contributed by atoms with Crippen molar-refractivity contribution in [3.05, 3.63) is 24.3 Å². The van der Waals surface area contributed by atoms with Gasteiger partial charge in [0.05, 0.1) is 18.8 Å². The van der Waals surface area contributed by atoms with Crippen molar-refractivity contribution in [3.63, 3.8) is 0 Å². The number of nitriles is 1. The average molecular weight is 290 g/mol. The standard InChI is InChI=1S/C17H26N2O2/c1-5-11-20-15-9-7-8-10-16(15)21-14(3)12-17(4,13-18)19-6-2/h7-10,14,19H,5-6,11-12H2,1-4H3. The molecule has 2 unspecified atom stereocenters.